The van der Waals surface area contributed by atoms with Gasteiger partial charge in [-0.15, -0.1) is 0 Å². The number of rotatable bonds is 8. The van der Waals surface area contributed by atoms with Crippen LogP contribution < -0.4 is 20.1 Å². The first kappa shape index (κ1) is 22.8. The van der Waals surface area contributed by atoms with Gasteiger partial charge in [0.1, 0.15) is 11.5 Å². The number of amides is 1. The van der Waals surface area contributed by atoms with Gasteiger partial charge in [0, 0.05) is 11.8 Å². The molecule has 0 aromatic heterocycles. The van der Waals surface area contributed by atoms with E-state index in [1.54, 1.807) is 6.07 Å². The van der Waals surface area contributed by atoms with Gasteiger partial charge in [-0.3, -0.25) is 4.79 Å². The number of carbonyl (C=O) groups is 3. The van der Waals surface area contributed by atoms with Crippen molar-refractivity contribution in [1.29, 1.82) is 0 Å². The standard InChI is InChI=1S/C20H21ClN2O7/c1-27-16-9-17(28-2)15(8-14(16)21)23-18(24)10-22-13-6-11(19(25)29-3)5-12(7-13)20(26)30-4/h5-9,22H,10H2,1-4H3,(H,23,24). The number of nitrogens with one attached hydrogen (secondary N) is 2. The van der Waals surface area contributed by atoms with Gasteiger partial charge in [-0.25, -0.2) is 9.59 Å². The van der Waals surface area contributed by atoms with E-state index in [1.807, 2.05) is 0 Å². The van der Waals surface area contributed by atoms with Crippen LogP contribution in [0.3, 0.4) is 0 Å². The number of benzene rings is 2. The van der Waals surface area contributed by atoms with Crippen LogP contribution in [-0.2, 0) is 14.3 Å². The predicted molar refractivity (Wildman–Crippen MR) is 111 cm³/mol. The molecule has 0 unspecified atom stereocenters. The molecule has 2 aromatic rings. The first-order valence-electron chi connectivity index (χ1n) is 8.59. The lowest BCUT2D eigenvalue weighted by Gasteiger charge is -2.14. The van der Waals surface area contributed by atoms with Crippen LogP contribution >= 0.6 is 11.6 Å². The summed E-state index contributed by atoms with van der Waals surface area (Å²) in [4.78, 5) is 36.1. The van der Waals surface area contributed by atoms with Gasteiger partial charge < -0.3 is 29.6 Å². The molecule has 10 heteroatoms. The third kappa shape index (κ3) is 5.54. The number of halogens is 1. The van der Waals surface area contributed by atoms with Crippen molar-refractivity contribution >= 4 is 40.8 Å². The Balaban J connectivity index is 2.17. The summed E-state index contributed by atoms with van der Waals surface area (Å²) >= 11 is 6.10. The summed E-state index contributed by atoms with van der Waals surface area (Å²) in [6, 6.07) is 7.30. The summed E-state index contributed by atoms with van der Waals surface area (Å²) in [6.45, 7) is -0.169. The largest absolute Gasteiger partial charge is 0.495 e. The van der Waals surface area contributed by atoms with Gasteiger partial charge in [0.15, 0.2) is 0 Å². The van der Waals surface area contributed by atoms with Crippen LogP contribution in [0.25, 0.3) is 0 Å². The molecule has 0 aliphatic rings. The molecule has 0 atom stereocenters. The van der Waals surface area contributed by atoms with Crippen molar-refractivity contribution in [2.45, 2.75) is 0 Å². The normalized spacial score (nSPS) is 10.0. The summed E-state index contributed by atoms with van der Waals surface area (Å²) in [5.74, 6) is -0.917. The molecule has 0 fully saturated rings. The second-order valence-corrected chi connectivity index (χ2v) is 6.28. The minimum Gasteiger partial charge on any atom is -0.495 e. The minimum absolute atomic E-state index is 0.131. The molecule has 0 saturated heterocycles. The Morgan fingerprint density at radius 1 is 0.833 bits per heavy atom. The molecule has 0 saturated carbocycles. The average molecular weight is 437 g/mol. The fourth-order valence-corrected chi connectivity index (χ4v) is 2.78. The molecule has 0 radical (unpaired) electrons. The Labute approximate surface area is 178 Å². The number of carbonyl (C=O) groups excluding carboxylic acids is 3. The van der Waals surface area contributed by atoms with Crippen LogP contribution in [0.4, 0.5) is 11.4 Å². The number of hydrogen-bond acceptors (Lipinski definition) is 8. The molecule has 2 rings (SSSR count). The number of esters is 2. The van der Waals surface area contributed by atoms with Crippen molar-refractivity contribution in [2.24, 2.45) is 0 Å². The Morgan fingerprint density at radius 2 is 1.40 bits per heavy atom. The Morgan fingerprint density at radius 3 is 1.90 bits per heavy atom. The lowest BCUT2D eigenvalue weighted by atomic mass is 10.1. The van der Waals surface area contributed by atoms with Crippen LogP contribution in [0, 0.1) is 0 Å². The quantitative estimate of drug-likeness (QED) is 0.607. The number of methoxy groups -OCH3 is 4. The Hall–Kier alpha value is -3.46. The molecule has 0 heterocycles. The second-order valence-electron chi connectivity index (χ2n) is 5.87. The maximum atomic E-state index is 12.4. The minimum atomic E-state index is -0.633. The maximum absolute atomic E-state index is 12.4. The van der Waals surface area contributed by atoms with E-state index in [2.05, 4.69) is 20.1 Å². The van der Waals surface area contributed by atoms with E-state index in [-0.39, 0.29) is 17.7 Å². The zero-order valence-corrected chi connectivity index (χ0v) is 17.6. The predicted octanol–water partition coefficient (Wildman–Crippen LogP) is 2.98. The Kier molecular flexibility index (Phi) is 7.88. The Bertz CT molecular complexity index is 928. The lowest BCUT2D eigenvalue weighted by Crippen LogP contribution is -2.22. The highest BCUT2D eigenvalue weighted by molar-refractivity contribution is 6.32. The van der Waals surface area contributed by atoms with Crippen molar-refractivity contribution in [2.75, 3.05) is 45.6 Å². The maximum Gasteiger partial charge on any atom is 0.337 e. The van der Waals surface area contributed by atoms with Gasteiger partial charge >= 0.3 is 11.9 Å². The topological polar surface area (TPSA) is 112 Å². The number of hydrogen-bond donors (Lipinski definition) is 2. The highest BCUT2D eigenvalue weighted by atomic mass is 35.5. The third-order valence-electron chi connectivity index (χ3n) is 3.98. The fourth-order valence-electron chi connectivity index (χ4n) is 2.54. The summed E-state index contributed by atoms with van der Waals surface area (Å²) < 4.78 is 19.7. The zero-order valence-electron chi connectivity index (χ0n) is 16.8. The summed E-state index contributed by atoms with van der Waals surface area (Å²) in [5.41, 5.74) is 0.973. The second kappa shape index (κ2) is 10.4. The van der Waals surface area contributed by atoms with Crippen molar-refractivity contribution in [1.82, 2.24) is 0 Å². The average Bonchev–Trinajstić information content (AvgIpc) is 2.76. The lowest BCUT2D eigenvalue weighted by molar-refractivity contribution is -0.114. The van der Waals surface area contributed by atoms with Crippen molar-refractivity contribution < 1.29 is 33.3 Å². The smallest absolute Gasteiger partial charge is 0.337 e. The summed E-state index contributed by atoms with van der Waals surface area (Å²) in [7, 11) is 5.36. The van der Waals surface area contributed by atoms with Crippen LogP contribution in [0.5, 0.6) is 11.5 Å². The molecule has 9 nitrogen and oxygen atoms in total. The highest BCUT2D eigenvalue weighted by Crippen LogP contribution is 2.35. The summed E-state index contributed by atoms with van der Waals surface area (Å²) in [5, 5.41) is 5.82. The van der Waals surface area contributed by atoms with Crippen LogP contribution in [-0.4, -0.2) is 52.8 Å². The monoisotopic (exact) mass is 436 g/mol. The first-order valence-corrected chi connectivity index (χ1v) is 8.97. The molecule has 2 N–H and O–H groups in total. The molecule has 2 aromatic carbocycles. The zero-order chi connectivity index (χ0) is 22.3. The summed E-state index contributed by atoms with van der Waals surface area (Å²) in [6.07, 6.45) is 0. The van der Waals surface area contributed by atoms with Gasteiger partial charge in [-0.1, -0.05) is 11.6 Å². The van der Waals surface area contributed by atoms with E-state index < -0.39 is 17.8 Å². The molecule has 0 aliphatic heterocycles. The van der Waals surface area contributed by atoms with E-state index in [1.165, 1.54) is 52.7 Å². The van der Waals surface area contributed by atoms with Gasteiger partial charge in [-0.2, -0.15) is 0 Å². The van der Waals surface area contributed by atoms with Gasteiger partial charge in [0.05, 0.1) is 56.8 Å². The third-order valence-corrected chi connectivity index (χ3v) is 4.27. The van der Waals surface area contributed by atoms with Gasteiger partial charge in [0.2, 0.25) is 5.91 Å². The molecular formula is C20H21ClN2O7. The molecule has 0 spiro atoms. The van der Waals surface area contributed by atoms with E-state index in [0.717, 1.165) is 0 Å². The molecule has 0 aliphatic carbocycles. The van der Waals surface area contributed by atoms with Crippen molar-refractivity contribution in [3.63, 3.8) is 0 Å². The molecule has 1 amide bonds. The van der Waals surface area contributed by atoms with Crippen molar-refractivity contribution in [3.8, 4) is 11.5 Å². The van der Waals surface area contributed by atoms with Crippen molar-refractivity contribution in [3.05, 3.63) is 46.5 Å². The van der Waals surface area contributed by atoms with Crippen LogP contribution in [0.2, 0.25) is 5.02 Å². The van der Waals surface area contributed by atoms with E-state index in [4.69, 9.17) is 21.1 Å². The van der Waals surface area contributed by atoms with Crippen LogP contribution in [0.1, 0.15) is 20.7 Å². The molecule has 160 valence electrons. The number of ether oxygens (including phenoxy) is 4. The number of anilines is 2. The first-order chi connectivity index (χ1) is 14.3. The van der Waals surface area contributed by atoms with Gasteiger partial charge in [-0.05, 0) is 24.3 Å². The van der Waals surface area contributed by atoms with E-state index in [0.29, 0.717) is 27.9 Å². The molecular weight excluding hydrogens is 416 g/mol. The van der Waals surface area contributed by atoms with E-state index in [9.17, 15) is 14.4 Å². The molecule has 0 bridgehead atoms. The van der Waals surface area contributed by atoms with Crippen LogP contribution in [0.15, 0.2) is 30.3 Å². The SMILES string of the molecule is COC(=O)c1cc(NCC(=O)Nc2cc(Cl)c(OC)cc2OC)cc(C(=O)OC)c1. The fraction of sp³-hybridized carbons (Fsp3) is 0.250. The molecule has 30 heavy (non-hydrogen) atoms. The van der Waals surface area contributed by atoms with E-state index >= 15 is 0 Å². The van der Waals surface area contributed by atoms with Gasteiger partial charge in [0.25, 0.3) is 0 Å². The highest BCUT2D eigenvalue weighted by Gasteiger charge is 2.15.